The summed E-state index contributed by atoms with van der Waals surface area (Å²) in [5, 5.41) is 0. The SMILES string of the molecule is CC(=O)c1cccc(N2C(=O)[C@H]3[C@H](C2=O)[C@H]2C=C[C@H]3C2=C(C)c2ccccc2)c1. The number of hydrogen-bond acceptors (Lipinski definition) is 3. The lowest BCUT2D eigenvalue weighted by molar-refractivity contribution is -0.122. The number of anilines is 1. The Bertz CT molecular complexity index is 1080. The maximum absolute atomic E-state index is 13.3. The van der Waals surface area contributed by atoms with Gasteiger partial charge in [0.2, 0.25) is 11.8 Å². The van der Waals surface area contributed by atoms with Crippen LogP contribution in [0.15, 0.2) is 72.3 Å². The molecule has 1 aliphatic heterocycles. The van der Waals surface area contributed by atoms with Crippen LogP contribution in [0.2, 0.25) is 0 Å². The molecule has 0 aromatic heterocycles. The summed E-state index contributed by atoms with van der Waals surface area (Å²) >= 11 is 0. The van der Waals surface area contributed by atoms with Crippen LogP contribution in [-0.4, -0.2) is 17.6 Å². The van der Waals surface area contributed by atoms with Crippen LogP contribution < -0.4 is 4.90 Å². The number of allylic oxidation sites excluding steroid dienone is 4. The highest BCUT2D eigenvalue weighted by molar-refractivity contribution is 6.23. The average Bonchev–Trinajstić information content (AvgIpc) is 3.37. The number of amides is 2. The molecular weight excluding hydrogens is 362 g/mol. The highest BCUT2D eigenvalue weighted by Gasteiger charge is 2.62. The number of hydrogen-bond donors (Lipinski definition) is 0. The van der Waals surface area contributed by atoms with E-state index in [2.05, 4.69) is 31.2 Å². The third-order valence-electron chi connectivity index (χ3n) is 6.57. The maximum atomic E-state index is 13.3. The number of carbonyl (C=O) groups is 3. The molecule has 3 aliphatic rings. The summed E-state index contributed by atoms with van der Waals surface area (Å²) in [5.74, 6) is -1.19. The zero-order valence-electron chi connectivity index (χ0n) is 16.3. The molecule has 0 N–H and O–H groups in total. The molecule has 5 rings (SSSR count). The zero-order valence-corrected chi connectivity index (χ0v) is 16.3. The van der Waals surface area contributed by atoms with Crippen molar-refractivity contribution in [2.24, 2.45) is 23.7 Å². The molecule has 4 atom stereocenters. The number of imide groups is 1. The minimum atomic E-state index is -0.354. The first-order valence-corrected chi connectivity index (χ1v) is 9.92. The van der Waals surface area contributed by atoms with Crippen LogP contribution in [-0.2, 0) is 9.59 Å². The Morgan fingerprint density at radius 2 is 1.38 bits per heavy atom. The molecule has 1 heterocycles. The topological polar surface area (TPSA) is 54.5 Å². The van der Waals surface area contributed by atoms with E-state index in [0.29, 0.717) is 11.3 Å². The molecule has 1 saturated heterocycles. The summed E-state index contributed by atoms with van der Waals surface area (Å²) in [6.45, 7) is 3.57. The molecule has 2 bridgehead atoms. The number of ketones is 1. The Morgan fingerprint density at radius 3 is 1.97 bits per heavy atom. The van der Waals surface area contributed by atoms with Crippen molar-refractivity contribution in [1.82, 2.24) is 0 Å². The summed E-state index contributed by atoms with van der Waals surface area (Å²) in [4.78, 5) is 39.7. The molecule has 2 aromatic rings. The van der Waals surface area contributed by atoms with Crippen molar-refractivity contribution < 1.29 is 14.4 Å². The van der Waals surface area contributed by atoms with E-state index in [4.69, 9.17) is 0 Å². The van der Waals surface area contributed by atoms with Crippen molar-refractivity contribution in [3.8, 4) is 0 Å². The van der Waals surface area contributed by atoms with Crippen LogP contribution >= 0.6 is 0 Å². The van der Waals surface area contributed by atoms with Gasteiger partial charge in [0.1, 0.15) is 0 Å². The van der Waals surface area contributed by atoms with E-state index in [-0.39, 0.29) is 41.3 Å². The second kappa shape index (κ2) is 6.38. The van der Waals surface area contributed by atoms with Gasteiger partial charge in [-0.05, 0) is 37.1 Å². The lowest BCUT2D eigenvalue weighted by atomic mass is 9.85. The van der Waals surface area contributed by atoms with E-state index in [9.17, 15) is 14.4 Å². The zero-order chi connectivity index (χ0) is 20.3. The number of Topliss-reactive ketones (excluding diaryl/α,β-unsaturated/α-hetero) is 1. The third kappa shape index (κ3) is 2.48. The Balaban J connectivity index is 1.54. The van der Waals surface area contributed by atoms with Gasteiger partial charge >= 0.3 is 0 Å². The summed E-state index contributed by atoms with van der Waals surface area (Å²) in [5.41, 5.74) is 4.48. The predicted octanol–water partition coefficient (Wildman–Crippen LogP) is 4.28. The Morgan fingerprint density at radius 1 is 0.793 bits per heavy atom. The molecule has 4 heteroatoms. The normalized spacial score (nSPS) is 27.0. The van der Waals surface area contributed by atoms with Gasteiger partial charge in [-0.25, -0.2) is 4.90 Å². The van der Waals surface area contributed by atoms with Gasteiger partial charge in [-0.2, -0.15) is 0 Å². The molecule has 0 radical (unpaired) electrons. The van der Waals surface area contributed by atoms with Crippen LogP contribution in [0.4, 0.5) is 5.69 Å². The Hall–Kier alpha value is -3.27. The molecule has 2 aliphatic carbocycles. The number of carbonyl (C=O) groups excluding carboxylic acids is 3. The minimum Gasteiger partial charge on any atom is -0.295 e. The fraction of sp³-hybridized carbons (Fsp3) is 0.240. The third-order valence-corrected chi connectivity index (χ3v) is 6.57. The molecule has 2 aromatic carbocycles. The highest BCUT2D eigenvalue weighted by Crippen LogP contribution is 2.58. The quantitative estimate of drug-likeness (QED) is 0.451. The molecule has 4 nitrogen and oxygen atoms in total. The molecule has 0 unspecified atom stereocenters. The fourth-order valence-electron chi connectivity index (χ4n) is 5.24. The van der Waals surface area contributed by atoms with Crippen molar-refractivity contribution in [2.45, 2.75) is 13.8 Å². The van der Waals surface area contributed by atoms with E-state index in [1.54, 1.807) is 24.3 Å². The number of rotatable bonds is 3. The standard InChI is InChI=1S/C25H21NO3/c1-14(16-7-4-3-5-8-16)21-19-11-12-20(21)23-22(19)24(28)26(25(23)29)18-10-6-9-17(13-18)15(2)27/h3-13,19-20,22-23H,1-2H3/t19-,20-,22+,23+/m0/s1. The van der Waals surface area contributed by atoms with E-state index >= 15 is 0 Å². The first-order chi connectivity index (χ1) is 14.0. The van der Waals surface area contributed by atoms with Gasteiger partial charge < -0.3 is 0 Å². The van der Waals surface area contributed by atoms with Crippen molar-refractivity contribution in [3.63, 3.8) is 0 Å². The van der Waals surface area contributed by atoms with Crippen LogP contribution in [0.5, 0.6) is 0 Å². The molecule has 144 valence electrons. The van der Waals surface area contributed by atoms with E-state index in [1.807, 2.05) is 18.2 Å². The predicted molar refractivity (Wildman–Crippen MR) is 111 cm³/mol. The summed E-state index contributed by atoms with van der Waals surface area (Å²) in [6, 6.07) is 16.9. The lowest BCUT2D eigenvalue weighted by Gasteiger charge is -2.20. The molecule has 29 heavy (non-hydrogen) atoms. The Kier molecular flexibility index (Phi) is 3.91. The molecule has 0 spiro atoms. The summed E-state index contributed by atoms with van der Waals surface area (Å²) in [7, 11) is 0. The van der Waals surface area contributed by atoms with Gasteiger partial charge in [0.15, 0.2) is 5.78 Å². The molecule has 2 amide bonds. The fourth-order valence-corrected chi connectivity index (χ4v) is 5.24. The first kappa shape index (κ1) is 17.8. The van der Waals surface area contributed by atoms with E-state index < -0.39 is 0 Å². The molecular formula is C25H21NO3. The first-order valence-electron chi connectivity index (χ1n) is 9.92. The van der Waals surface area contributed by atoms with Crippen LogP contribution in [0.1, 0.15) is 29.8 Å². The van der Waals surface area contributed by atoms with E-state index in [0.717, 1.165) is 11.1 Å². The lowest BCUT2D eigenvalue weighted by Crippen LogP contribution is -2.33. The van der Waals surface area contributed by atoms with Crippen LogP contribution in [0.25, 0.3) is 5.57 Å². The minimum absolute atomic E-state index is 0.0392. The molecule has 1 saturated carbocycles. The highest BCUT2D eigenvalue weighted by atomic mass is 16.2. The maximum Gasteiger partial charge on any atom is 0.238 e. The number of fused-ring (bicyclic) bond motifs is 5. The van der Waals surface area contributed by atoms with Crippen LogP contribution in [0, 0.1) is 23.7 Å². The van der Waals surface area contributed by atoms with Crippen molar-refractivity contribution in [3.05, 3.63) is 83.4 Å². The van der Waals surface area contributed by atoms with Gasteiger partial charge in [-0.15, -0.1) is 0 Å². The number of nitrogens with zero attached hydrogens (tertiary/aromatic N) is 1. The van der Waals surface area contributed by atoms with E-state index in [1.165, 1.54) is 17.4 Å². The summed E-state index contributed by atoms with van der Waals surface area (Å²) < 4.78 is 0. The van der Waals surface area contributed by atoms with Crippen molar-refractivity contribution >= 4 is 28.9 Å². The number of benzene rings is 2. The second-order valence-corrected chi connectivity index (χ2v) is 8.05. The average molecular weight is 383 g/mol. The summed E-state index contributed by atoms with van der Waals surface area (Å²) in [6.07, 6.45) is 4.18. The van der Waals surface area contributed by atoms with Crippen LogP contribution in [0.3, 0.4) is 0 Å². The van der Waals surface area contributed by atoms with Gasteiger partial charge in [0, 0.05) is 17.4 Å². The Labute approximate surface area is 169 Å². The smallest absolute Gasteiger partial charge is 0.238 e. The molecule has 2 fully saturated rings. The second-order valence-electron chi connectivity index (χ2n) is 8.05. The van der Waals surface area contributed by atoms with Gasteiger partial charge in [0.05, 0.1) is 17.5 Å². The van der Waals surface area contributed by atoms with Gasteiger partial charge in [-0.3, -0.25) is 14.4 Å². The van der Waals surface area contributed by atoms with Gasteiger partial charge in [0.25, 0.3) is 0 Å². The van der Waals surface area contributed by atoms with Gasteiger partial charge in [-0.1, -0.05) is 60.2 Å². The largest absolute Gasteiger partial charge is 0.295 e. The van der Waals surface area contributed by atoms with Crippen molar-refractivity contribution in [1.29, 1.82) is 0 Å². The van der Waals surface area contributed by atoms with Crippen molar-refractivity contribution in [2.75, 3.05) is 4.90 Å². The monoisotopic (exact) mass is 383 g/mol.